The molecule has 34 heavy (non-hydrogen) atoms. The Morgan fingerprint density at radius 1 is 0.912 bits per heavy atom. The first-order valence-corrected chi connectivity index (χ1v) is 12.1. The number of nitrogens with zero attached hydrogens (tertiary/aromatic N) is 1. The molecule has 0 aliphatic heterocycles. The van der Waals surface area contributed by atoms with Crippen LogP contribution in [0.15, 0.2) is 77.3 Å². The number of para-hydroxylation sites is 1. The predicted molar refractivity (Wildman–Crippen MR) is 141 cm³/mol. The van der Waals surface area contributed by atoms with Crippen molar-refractivity contribution in [1.82, 2.24) is 4.90 Å². The van der Waals surface area contributed by atoms with Gasteiger partial charge in [-0.3, -0.25) is 9.59 Å². The van der Waals surface area contributed by atoms with E-state index < -0.39 is 0 Å². The lowest BCUT2D eigenvalue weighted by Gasteiger charge is -2.28. The lowest BCUT2D eigenvalue weighted by atomic mass is 9.91. The normalized spacial score (nSPS) is 11.2. The van der Waals surface area contributed by atoms with Gasteiger partial charge in [0.15, 0.2) is 0 Å². The maximum absolute atomic E-state index is 13.3. The van der Waals surface area contributed by atoms with Crippen molar-refractivity contribution in [1.29, 1.82) is 0 Å². The number of carbonyl (C=O) groups is 2. The lowest BCUT2D eigenvalue weighted by molar-refractivity contribution is -0.134. The maximum Gasteiger partial charge on any atom is 0.255 e. The minimum Gasteiger partial charge on any atom is -0.334 e. The Balaban J connectivity index is 1.86. The molecule has 0 radical (unpaired) electrons. The SMILES string of the molecule is CC(C)(C)CC(=O)N(Cc1cccc(CN)c1)Cc1ccccc1NC(=O)c1cccc(Br)c1. The zero-order chi connectivity index (χ0) is 24.7. The van der Waals surface area contributed by atoms with Gasteiger partial charge in [0.2, 0.25) is 5.91 Å². The van der Waals surface area contributed by atoms with E-state index in [0.717, 1.165) is 21.2 Å². The molecule has 3 rings (SSSR count). The van der Waals surface area contributed by atoms with Gasteiger partial charge in [0.25, 0.3) is 5.91 Å². The fourth-order valence-corrected chi connectivity index (χ4v) is 4.08. The highest BCUT2D eigenvalue weighted by atomic mass is 79.9. The van der Waals surface area contributed by atoms with Crippen LogP contribution in [0.25, 0.3) is 0 Å². The third-order valence-electron chi connectivity index (χ3n) is 5.35. The van der Waals surface area contributed by atoms with Crippen LogP contribution in [0.5, 0.6) is 0 Å². The van der Waals surface area contributed by atoms with Gasteiger partial charge in [-0.1, -0.05) is 85.2 Å². The summed E-state index contributed by atoms with van der Waals surface area (Å²) in [6, 6.07) is 22.9. The van der Waals surface area contributed by atoms with Gasteiger partial charge in [-0.05, 0) is 46.4 Å². The zero-order valence-corrected chi connectivity index (χ0v) is 21.6. The smallest absolute Gasteiger partial charge is 0.255 e. The summed E-state index contributed by atoms with van der Waals surface area (Å²) in [5, 5.41) is 3.01. The molecule has 0 aliphatic rings. The van der Waals surface area contributed by atoms with Crippen LogP contribution in [0.4, 0.5) is 5.69 Å². The molecular weight excluding hydrogens is 490 g/mol. The van der Waals surface area contributed by atoms with E-state index >= 15 is 0 Å². The van der Waals surface area contributed by atoms with Crippen molar-refractivity contribution < 1.29 is 9.59 Å². The van der Waals surface area contributed by atoms with Crippen LogP contribution in [0, 0.1) is 5.41 Å². The summed E-state index contributed by atoms with van der Waals surface area (Å²) < 4.78 is 0.840. The Morgan fingerprint density at radius 2 is 1.62 bits per heavy atom. The second kappa shape index (κ2) is 11.4. The molecule has 0 unspecified atom stereocenters. The van der Waals surface area contributed by atoms with Crippen molar-refractivity contribution >= 4 is 33.4 Å². The zero-order valence-electron chi connectivity index (χ0n) is 20.0. The van der Waals surface area contributed by atoms with Gasteiger partial charge in [-0.15, -0.1) is 0 Å². The molecule has 0 saturated heterocycles. The number of halogens is 1. The number of benzene rings is 3. The molecule has 0 heterocycles. The summed E-state index contributed by atoms with van der Waals surface area (Å²) in [6.07, 6.45) is 0.427. The maximum atomic E-state index is 13.3. The molecule has 2 amide bonds. The molecule has 0 atom stereocenters. The van der Waals surface area contributed by atoms with E-state index in [1.807, 2.05) is 65.6 Å². The van der Waals surface area contributed by atoms with Crippen LogP contribution < -0.4 is 11.1 Å². The van der Waals surface area contributed by atoms with Crippen molar-refractivity contribution in [3.8, 4) is 0 Å². The van der Waals surface area contributed by atoms with Gasteiger partial charge >= 0.3 is 0 Å². The molecule has 3 aromatic carbocycles. The summed E-state index contributed by atoms with van der Waals surface area (Å²) in [6.45, 7) is 7.49. The number of anilines is 1. The number of carbonyl (C=O) groups excluding carboxylic acids is 2. The molecule has 0 aliphatic carbocycles. The summed E-state index contributed by atoms with van der Waals surface area (Å²) in [7, 11) is 0. The number of hydrogen-bond donors (Lipinski definition) is 2. The third kappa shape index (κ3) is 7.54. The topological polar surface area (TPSA) is 75.4 Å². The van der Waals surface area contributed by atoms with E-state index in [9.17, 15) is 9.59 Å². The monoisotopic (exact) mass is 521 g/mol. The summed E-state index contributed by atoms with van der Waals surface area (Å²) in [4.78, 5) is 28.0. The molecular formula is C28H32BrN3O2. The summed E-state index contributed by atoms with van der Waals surface area (Å²) in [5.74, 6) is -0.129. The first-order chi connectivity index (χ1) is 16.1. The molecule has 3 N–H and O–H groups in total. The fourth-order valence-electron chi connectivity index (χ4n) is 3.68. The van der Waals surface area contributed by atoms with Crippen LogP contribution in [0.3, 0.4) is 0 Å². The van der Waals surface area contributed by atoms with Crippen LogP contribution in [-0.2, 0) is 24.4 Å². The largest absolute Gasteiger partial charge is 0.334 e. The van der Waals surface area contributed by atoms with E-state index in [1.165, 1.54) is 0 Å². The van der Waals surface area contributed by atoms with Crippen molar-refractivity contribution in [2.75, 3.05) is 5.32 Å². The third-order valence-corrected chi connectivity index (χ3v) is 5.84. The summed E-state index contributed by atoms with van der Waals surface area (Å²) >= 11 is 3.41. The number of rotatable bonds is 8. The summed E-state index contributed by atoms with van der Waals surface area (Å²) in [5.41, 5.74) is 9.87. The molecule has 0 aromatic heterocycles. The number of nitrogens with two attached hydrogens (primary N) is 1. The van der Waals surface area contributed by atoms with E-state index in [0.29, 0.717) is 37.3 Å². The minimum atomic E-state index is -0.197. The van der Waals surface area contributed by atoms with Crippen molar-refractivity contribution in [3.05, 3.63) is 99.5 Å². The minimum absolute atomic E-state index is 0.0683. The molecule has 178 valence electrons. The van der Waals surface area contributed by atoms with Crippen molar-refractivity contribution in [3.63, 3.8) is 0 Å². The first kappa shape index (κ1) is 25.7. The quantitative estimate of drug-likeness (QED) is 0.374. The second-order valence-electron chi connectivity index (χ2n) is 9.63. The molecule has 0 spiro atoms. The highest BCUT2D eigenvalue weighted by Gasteiger charge is 2.23. The van der Waals surface area contributed by atoms with Crippen LogP contribution >= 0.6 is 15.9 Å². The highest BCUT2D eigenvalue weighted by Crippen LogP contribution is 2.25. The number of nitrogens with one attached hydrogen (secondary N) is 1. The Bertz CT molecular complexity index is 1150. The Kier molecular flexibility index (Phi) is 8.64. The highest BCUT2D eigenvalue weighted by molar-refractivity contribution is 9.10. The number of hydrogen-bond acceptors (Lipinski definition) is 3. The van der Waals surface area contributed by atoms with Gasteiger partial charge in [-0.2, -0.15) is 0 Å². The standard InChI is InChI=1S/C28H32BrN3O2/c1-28(2,3)16-26(33)32(18-21-9-6-8-20(14-21)17-30)19-23-10-4-5-13-25(23)31-27(34)22-11-7-12-24(29)15-22/h4-15H,16-19,30H2,1-3H3,(H,31,34). The molecule has 6 heteroatoms. The van der Waals surface area contributed by atoms with Crippen molar-refractivity contribution in [2.45, 2.75) is 46.8 Å². The van der Waals surface area contributed by atoms with Crippen molar-refractivity contribution in [2.24, 2.45) is 11.1 Å². The van der Waals surface area contributed by atoms with Gasteiger partial charge in [0, 0.05) is 41.8 Å². The van der Waals surface area contributed by atoms with E-state index in [1.54, 1.807) is 12.1 Å². The Labute approximate surface area is 210 Å². The molecule has 0 fully saturated rings. The van der Waals surface area contributed by atoms with E-state index in [4.69, 9.17) is 5.73 Å². The van der Waals surface area contributed by atoms with Crippen LogP contribution in [0.2, 0.25) is 0 Å². The van der Waals surface area contributed by atoms with Gasteiger partial charge in [-0.25, -0.2) is 0 Å². The van der Waals surface area contributed by atoms with Crippen LogP contribution in [-0.4, -0.2) is 16.7 Å². The molecule has 0 saturated carbocycles. The van der Waals surface area contributed by atoms with Gasteiger partial charge < -0.3 is 16.0 Å². The fraction of sp³-hybridized carbons (Fsp3) is 0.286. The average Bonchev–Trinajstić information content (AvgIpc) is 2.79. The average molecular weight is 522 g/mol. The molecule has 0 bridgehead atoms. The van der Waals surface area contributed by atoms with Crippen LogP contribution in [0.1, 0.15) is 54.2 Å². The van der Waals surface area contributed by atoms with E-state index in [2.05, 4.69) is 42.0 Å². The second-order valence-corrected chi connectivity index (χ2v) is 10.5. The predicted octanol–water partition coefficient (Wildman–Crippen LogP) is 6.13. The Hall–Kier alpha value is -2.96. The molecule has 3 aromatic rings. The first-order valence-electron chi connectivity index (χ1n) is 11.3. The van der Waals surface area contributed by atoms with Gasteiger partial charge in [0.1, 0.15) is 0 Å². The number of amides is 2. The van der Waals surface area contributed by atoms with Gasteiger partial charge in [0.05, 0.1) is 0 Å². The lowest BCUT2D eigenvalue weighted by Crippen LogP contribution is -2.33. The molecule has 5 nitrogen and oxygen atoms in total. The van der Waals surface area contributed by atoms with E-state index in [-0.39, 0.29) is 17.2 Å². The Morgan fingerprint density at radius 3 is 2.32 bits per heavy atom.